The number of amides is 1. The largest absolute Gasteiger partial charge is 0.468 e. The molecular formula is C9H18N2O3. The molecule has 0 saturated heterocycles. The summed E-state index contributed by atoms with van der Waals surface area (Å²) in [5, 5.41) is 2.48. The highest BCUT2D eigenvalue weighted by Crippen LogP contribution is 2.03. The SMILES string of the molecule is CCCC(CN)C(=O)NCC(=O)OC. The van der Waals surface area contributed by atoms with Crippen molar-refractivity contribution in [1.82, 2.24) is 5.32 Å². The van der Waals surface area contributed by atoms with Gasteiger partial charge in [0.05, 0.1) is 13.0 Å². The van der Waals surface area contributed by atoms with Crippen LogP contribution in [0.25, 0.3) is 0 Å². The van der Waals surface area contributed by atoms with Gasteiger partial charge in [-0.1, -0.05) is 13.3 Å². The monoisotopic (exact) mass is 202 g/mol. The molecule has 0 spiro atoms. The maximum Gasteiger partial charge on any atom is 0.325 e. The van der Waals surface area contributed by atoms with E-state index in [9.17, 15) is 9.59 Å². The molecule has 1 atom stereocenters. The molecule has 3 N–H and O–H groups in total. The van der Waals surface area contributed by atoms with Gasteiger partial charge in [-0.3, -0.25) is 9.59 Å². The lowest BCUT2D eigenvalue weighted by molar-refractivity contribution is -0.141. The molecule has 0 bridgehead atoms. The molecule has 5 heteroatoms. The molecule has 0 heterocycles. The highest BCUT2D eigenvalue weighted by Gasteiger charge is 2.16. The van der Waals surface area contributed by atoms with Crippen LogP contribution in [-0.4, -0.2) is 32.1 Å². The molecule has 0 aromatic carbocycles. The fraction of sp³-hybridized carbons (Fsp3) is 0.778. The number of carbonyl (C=O) groups is 2. The zero-order chi connectivity index (χ0) is 11.0. The van der Waals surface area contributed by atoms with E-state index in [4.69, 9.17) is 5.73 Å². The van der Waals surface area contributed by atoms with Gasteiger partial charge in [0.15, 0.2) is 0 Å². The summed E-state index contributed by atoms with van der Waals surface area (Å²) in [5.41, 5.74) is 5.42. The van der Waals surface area contributed by atoms with Crippen LogP contribution in [0.1, 0.15) is 19.8 Å². The molecule has 0 aliphatic heterocycles. The third kappa shape index (κ3) is 4.81. The van der Waals surface area contributed by atoms with Crippen molar-refractivity contribution in [3.63, 3.8) is 0 Å². The predicted octanol–water partition coefficient (Wildman–Crippen LogP) is -0.349. The topological polar surface area (TPSA) is 81.4 Å². The summed E-state index contributed by atoms with van der Waals surface area (Å²) in [4.78, 5) is 22.1. The van der Waals surface area contributed by atoms with Gasteiger partial charge in [-0.2, -0.15) is 0 Å². The maximum atomic E-state index is 11.4. The van der Waals surface area contributed by atoms with Crippen LogP contribution in [0.3, 0.4) is 0 Å². The van der Waals surface area contributed by atoms with Crippen LogP contribution < -0.4 is 11.1 Å². The van der Waals surface area contributed by atoms with Crippen LogP contribution in [0.2, 0.25) is 0 Å². The number of ether oxygens (including phenoxy) is 1. The minimum absolute atomic E-state index is 0.0878. The standard InChI is InChI=1S/C9H18N2O3/c1-3-4-7(5-10)9(13)11-6-8(12)14-2/h7H,3-6,10H2,1-2H3,(H,11,13). The van der Waals surface area contributed by atoms with Crippen LogP contribution >= 0.6 is 0 Å². The van der Waals surface area contributed by atoms with Crippen LogP contribution in [0.5, 0.6) is 0 Å². The number of rotatable bonds is 6. The second-order valence-electron chi connectivity index (χ2n) is 3.02. The molecule has 14 heavy (non-hydrogen) atoms. The minimum atomic E-state index is -0.453. The molecule has 5 nitrogen and oxygen atoms in total. The zero-order valence-corrected chi connectivity index (χ0v) is 8.71. The normalized spacial score (nSPS) is 11.9. The van der Waals surface area contributed by atoms with Crippen molar-refractivity contribution in [3.8, 4) is 0 Å². The maximum absolute atomic E-state index is 11.4. The van der Waals surface area contributed by atoms with Crippen LogP contribution in [0, 0.1) is 5.92 Å². The number of hydrogen-bond donors (Lipinski definition) is 2. The smallest absolute Gasteiger partial charge is 0.325 e. The fourth-order valence-corrected chi connectivity index (χ4v) is 1.08. The molecule has 0 aromatic heterocycles. The Bertz CT molecular complexity index is 194. The summed E-state index contributed by atoms with van der Waals surface area (Å²) in [5.74, 6) is -0.838. The van der Waals surface area contributed by atoms with E-state index in [0.717, 1.165) is 12.8 Å². The van der Waals surface area contributed by atoms with Crippen molar-refractivity contribution >= 4 is 11.9 Å². The number of esters is 1. The number of nitrogens with two attached hydrogens (primary N) is 1. The van der Waals surface area contributed by atoms with E-state index < -0.39 is 5.97 Å². The summed E-state index contributed by atoms with van der Waals surface area (Å²) in [6.45, 7) is 2.20. The highest BCUT2D eigenvalue weighted by atomic mass is 16.5. The van der Waals surface area contributed by atoms with Gasteiger partial charge < -0.3 is 15.8 Å². The first kappa shape index (κ1) is 12.9. The van der Waals surface area contributed by atoms with Gasteiger partial charge in [-0.15, -0.1) is 0 Å². The van der Waals surface area contributed by atoms with E-state index in [0.29, 0.717) is 6.54 Å². The Balaban J connectivity index is 3.86. The van der Waals surface area contributed by atoms with E-state index in [1.807, 2.05) is 6.92 Å². The molecule has 0 fully saturated rings. The van der Waals surface area contributed by atoms with Crippen LogP contribution in [0.15, 0.2) is 0 Å². The second-order valence-corrected chi connectivity index (χ2v) is 3.02. The van der Waals surface area contributed by atoms with E-state index in [-0.39, 0.29) is 18.4 Å². The van der Waals surface area contributed by atoms with E-state index in [1.165, 1.54) is 7.11 Å². The number of nitrogens with one attached hydrogen (secondary N) is 1. The molecular weight excluding hydrogens is 184 g/mol. The summed E-state index contributed by atoms with van der Waals surface area (Å²) >= 11 is 0. The molecule has 0 aliphatic rings. The van der Waals surface area contributed by atoms with Crippen molar-refractivity contribution in [3.05, 3.63) is 0 Å². The average molecular weight is 202 g/mol. The Labute approximate surface area is 84.0 Å². The minimum Gasteiger partial charge on any atom is -0.468 e. The lowest BCUT2D eigenvalue weighted by atomic mass is 10.0. The first-order valence-corrected chi connectivity index (χ1v) is 4.70. The molecule has 1 unspecified atom stereocenters. The Morgan fingerprint density at radius 1 is 1.50 bits per heavy atom. The summed E-state index contributed by atoms with van der Waals surface area (Å²) in [7, 11) is 1.28. The first-order valence-electron chi connectivity index (χ1n) is 4.70. The Morgan fingerprint density at radius 3 is 2.57 bits per heavy atom. The zero-order valence-electron chi connectivity index (χ0n) is 8.71. The van der Waals surface area contributed by atoms with Crippen molar-refractivity contribution in [1.29, 1.82) is 0 Å². The van der Waals surface area contributed by atoms with Crippen molar-refractivity contribution in [2.45, 2.75) is 19.8 Å². The quantitative estimate of drug-likeness (QED) is 0.577. The lowest BCUT2D eigenvalue weighted by Gasteiger charge is -2.12. The van der Waals surface area contributed by atoms with E-state index >= 15 is 0 Å². The first-order chi connectivity index (χ1) is 6.65. The summed E-state index contributed by atoms with van der Waals surface area (Å²) < 4.78 is 4.39. The lowest BCUT2D eigenvalue weighted by Crippen LogP contribution is -2.38. The van der Waals surface area contributed by atoms with Gasteiger partial charge in [-0.25, -0.2) is 0 Å². The van der Waals surface area contributed by atoms with Gasteiger partial charge in [0.25, 0.3) is 0 Å². The van der Waals surface area contributed by atoms with Gasteiger partial charge in [0.2, 0.25) is 5.91 Å². The predicted molar refractivity (Wildman–Crippen MR) is 52.5 cm³/mol. The van der Waals surface area contributed by atoms with Crippen LogP contribution in [-0.2, 0) is 14.3 Å². The van der Waals surface area contributed by atoms with E-state index in [2.05, 4.69) is 10.1 Å². The number of methoxy groups -OCH3 is 1. The van der Waals surface area contributed by atoms with Crippen molar-refractivity contribution in [2.75, 3.05) is 20.2 Å². The van der Waals surface area contributed by atoms with Crippen molar-refractivity contribution in [2.24, 2.45) is 11.7 Å². The van der Waals surface area contributed by atoms with Crippen molar-refractivity contribution < 1.29 is 14.3 Å². The molecule has 0 aromatic rings. The van der Waals surface area contributed by atoms with Gasteiger partial charge in [0, 0.05) is 6.54 Å². The second kappa shape index (κ2) is 7.32. The Kier molecular flexibility index (Phi) is 6.74. The molecule has 0 rings (SSSR count). The van der Waals surface area contributed by atoms with Crippen LogP contribution in [0.4, 0.5) is 0 Å². The van der Waals surface area contributed by atoms with Gasteiger partial charge in [-0.05, 0) is 6.42 Å². The fourth-order valence-electron chi connectivity index (χ4n) is 1.08. The molecule has 82 valence electrons. The average Bonchev–Trinajstić information content (AvgIpc) is 2.21. The summed E-state index contributed by atoms with van der Waals surface area (Å²) in [6, 6.07) is 0. The molecule has 0 radical (unpaired) electrons. The van der Waals surface area contributed by atoms with Gasteiger partial charge >= 0.3 is 5.97 Å². The van der Waals surface area contributed by atoms with Gasteiger partial charge in [0.1, 0.15) is 6.54 Å². The number of carbonyl (C=O) groups excluding carboxylic acids is 2. The summed E-state index contributed by atoms with van der Waals surface area (Å²) in [6.07, 6.45) is 1.64. The number of hydrogen-bond acceptors (Lipinski definition) is 4. The third-order valence-electron chi connectivity index (χ3n) is 1.93. The molecule has 0 aliphatic carbocycles. The molecule has 0 saturated carbocycles. The highest BCUT2D eigenvalue weighted by molar-refractivity contribution is 5.83. The molecule has 1 amide bonds. The Hall–Kier alpha value is -1.10. The van der Waals surface area contributed by atoms with E-state index in [1.54, 1.807) is 0 Å². The third-order valence-corrected chi connectivity index (χ3v) is 1.93. The Morgan fingerprint density at radius 2 is 2.14 bits per heavy atom.